The van der Waals surface area contributed by atoms with Crippen LogP contribution in [-0.2, 0) is 6.54 Å². The molecular weight excluding hydrogens is 308 g/mol. The van der Waals surface area contributed by atoms with Gasteiger partial charge >= 0.3 is 0 Å². The Kier molecular flexibility index (Phi) is 4.37. The summed E-state index contributed by atoms with van der Waals surface area (Å²) in [4.78, 5) is 25.8. The second kappa shape index (κ2) is 6.62. The van der Waals surface area contributed by atoms with E-state index in [0.717, 1.165) is 5.56 Å². The Morgan fingerprint density at radius 1 is 1.04 bits per heavy atom. The van der Waals surface area contributed by atoms with E-state index in [9.17, 15) is 9.59 Å². The van der Waals surface area contributed by atoms with E-state index in [0.29, 0.717) is 29.2 Å². The van der Waals surface area contributed by atoms with Gasteiger partial charge in [0.1, 0.15) is 0 Å². The standard InChI is InChI=1S/C18H18N2O4/c1-20(2)18(22)14-5-3-4-12(8-14)10-19-17(21)13-6-7-15-16(9-13)24-11-23-15/h3-9H,10-11H2,1-2H3,(H,19,21). The third-order valence-corrected chi connectivity index (χ3v) is 3.67. The van der Waals surface area contributed by atoms with Crippen LogP contribution < -0.4 is 14.8 Å². The molecule has 2 aromatic carbocycles. The highest BCUT2D eigenvalue weighted by Crippen LogP contribution is 2.32. The molecule has 1 heterocycles. The number of carbonyl (C=O) groups excluding carboxylic acids is 2. The van der Waals surface area contributed by atoms with Crippen molar-refractivity contribution in [3.63, 3.8) is 0 Å². The summed E-state index contributed by atoms with van der Waals surface area (Å²) in [5.41, 5.74) is 1.95. The molecule has 0 radical (unpaired) electrons. The molecule has 124 valence electrons. The molecule has 0 fully saturated rings. The number of rotatable bonds is 4. The lowest BCUT2D eigenvalue weighted by molar-refractivity contribution is 0.0827. The molecule has 1 aliphatic rings. The topological polar surface area (TPSA) is 67.9 Å². The highest BCUT2D eigenvalue weighted by Gasteiger charge is 2.16. The van der Waals surface area contributed by atoms with Crippen LogP contribution in [0.3, 0.4) is 0 Å². The Labute approximate surface area is 140 Å². The van der Waals surface area contributed by atoms with E-state index < -0.39 is 0 Å². The van der Waals surface area contributed by atoms with Gasteiger partial charge in [0.2, 0.25) is 6.79 Å². The van der Waals surface area contributed by atoms with Crippen molar-refractivity contribution in [3.8, 4) is 11.5 Å². The molecule has 0 saturated carbocycles. The first-order valence-corrected chi connectivity index (χ1v) is 7.53. The second-order valence-corrected chi connectivity index (χ2v) is 5.65. The largest absolute Gasteiger partial charge is 0.454 e. The van der Waals surface area contributed by atoms with Gasteiger partial charge < -0.3 is 19.7 Å². The van der Waals surface area contributed by atoms with E-state index >= 15 is 0 Å². The van der Waals surface area contributed by atoms with E-state index in [4.69, 9.17) is 9.47 Å². The van der Waals surface area contributed by atoms with Crippen molar-refractivity contribution in [2.75, 3.05) is 20.9 Å². The molecule has 3 rings (SSSR count). The number of amides is 2. The zero-order chi connectivity index (χ0) is 17.1. The van der Waals surface area contributed by atoms with Gasteiger partial charge in [0.05, 0.1) is 0 Å². The highest BCUT2D eigenvalue weighted by molar-refractivity contribution is 5.95. The van der Waals surface area contributed by atoms with Crippen molar-refractivity contribution in [1.82, 2.24) is 10.2 Å². The van der Waals surface area contributed by atoms with Crippen LogP contribution in [0.2, 0.25) is 0 Å². The Morgan fingerprint density at radius 3 is 2.62 bits per heavy atom. The van der Waals surface area contributed by atoms with Gasteiger partial charge in [0.15, 0.2) is 11.5 Å². The predicted molar refractivity (Wildman–Crippen MR) is 88.2 cm³/mol. The average molecular weight is 326 g/mol. The zero-order valence-electron chi connectivity index (χ0n) is 13.5. The molecule has 0 spiro atoms. The van der Waals surface area contributed by atoms with Gasteiger partial charge in [-0.05, 0) is 35.9 Å². The maximum Gasteiger partial charge on any atom is 0.253 e. The summed E-state index contributed by atoms with van der Waals surface area (Å²) in [6.45, 7) is 0.509. The number of fused-ring (bicyclic) bond motifs is 1. The maximum absolute atomic E-state index is 12.3. The number of ether oxygens (including phenoxy) is 2. The Morgan fingerprint density at radius 2 is 1.83 bits per heavy atom. The van der Waals surface area contributed by atoms with Crippen molar-refractivity contribution >= 4 is 11.8 Å². The van der Waals surface area contributed by atoms with Crippen molar-refractivity contribution in [1.29, 1.82) is 0 Å². The molecule has 0 aliphatic carbocycles. The van der Waals surface area contributed by atoms with E-state index in [1.165, 1.54) is 4.90 Å². The molecule has 1 aliphatic heterocycles. The summed E-state index contributed by atoms with van der Waals surface area (Å²) >= 11 is 0. The molecule has 1 N–H and O–H groups in total. The minimum absolute atomic E-state index is 0.0704. The van der Waals surface area contributed by atoms with E-state index in [-0.39, 0.29) is 18.6 Å². The van der Waals surface area contributed by atoms with Gasteiger partial charge in [0, 0.05) is 31.8 Å². The van der Waals surface area contributed by atoms with Crippen molar-refractivity contribution in [3.05, 3.63) is 59.2 Å². The van der Waals surface area contributed by atoms with Gasteiger partial charge in [-0.1, -0.05) is 12.1 Å². The monoisotopic (exact) mass is 326 g/mol. The summed E-state index contributed by atoms with van der Waals surface area (Å²) in [6.07, 6.45) is 0. The lowest BCUT2D eigenvalue weighted by Crippen LogP contribution is -2.24. The quantitative estimate of drug-likeness (QED) is 0.934. The van der Waals surface area contributed by atoms with Gasteiger partial charge in [-0.2, -0.15) is 0 Å². The molecule has 24 heavy (non-hydrogen) atoms. The molecular formula is C18H18N2O4. The summed E-state index contributed by atoms with van der Waals surface area (Å²) in [5, 5.41) is 2.84. The Hall–Kier alpha value is -3.02. The summed E-state index contributed by atoms with van der Waals surface area (Å²) in [6, 6.07) is 12.3. The smallest absolute Gasteiger partial charge is 0.253 e. The van der Waals surface area contributed by atoms with Gasteiger partial charge in [0.25, 0.3) is 11.8 Å². The third kappa shape index (κ3) is 3.32. The second-order valence-electron chi connectivity index (χ2n) is 5.65. The number of carbonyl (C=O) groups is 2. The SMILES string of the molecule is CN(C)C(=O)c1cccc(CNC(=O)c2ccc3c(c2)OCO3)c1. The summed E-state index contributed by atoms with van der Waals surface area (Å²) in [5.74, 6) is 0.930. The minimum atomic E-state index is -0.211. The van der Waals surface area contributed by atoms with Crippen molar-refractivity contribution in [2.45, 2.75) is 6.54 Å². The molecule has 2 amide bonds. The zero-order valence-corrected chi connectivity index (χ0v) is 13.5. The number of hydrogen-bond donors (Lipinski definition) is 1. The Bertz CT molecular complexity index is 786. The maximum atomic E-state index is 12.3. The van der Waals surface area contributed by atoms with Crippen LogP contribution >= 0.6 is 0 Å². The lowest BCUT2D eigenvalue weighted by Gasteiger charge is -2.11. The summed E-state index contributed by atoms with van der Waals surface area (Å²) < 4.78 is 10.5. The fourth-order valence-electron chi connectivity index (χ4n) is 2.39. The third-order valence-electron chi connectivity index (χ3n) is 3.67. The highest BCUT2D eigenvalue weighted by atomic mass is 16.7. The van der Waals surface area contributed by atoms with E-state index in [2.05, 4.69) is 5.32 Å². The molecule has 6 heteroatoms. The molecule has 6 nitrogen and oxygen atoms in total. The molecule has 2 aromatic rings. The van der Waals surface area contributed by atoms with E-state index in [1.807, 2.05) is 6.07 Å². The molecule has 0 bridgehead atoms. The van der Waals surface area contributed by atoms with E-state index in [1.54, 1.807) is 50.5 Å². The number of nitrogens with zero attached hydrogens (tertiary/aromatic N) is 1. The van der Waals surface area contributed by atoms with Gasteiger partial charge in [-0.25, -0.2) is 0 Å². The number of nitrogens with one attached hydrogen (secondary N) is 1. The predicted octanol–water partition coefficient (Wildman–Crippen LogP) is 2.05. The van der Waals surface area contributed by atoms with Crippen LogP contribution in [-0.4, -0.2) is 37.6 Å². The van der Waals surface area contributed by atoms with Crippen molar-refractivity contribution in [2.24, 2.45) is 0 Å². The molecule has 0 atom stereocenters. The molecule has 0 aromatic heterocycles. The number of hydrogen-bond acceptors (Lipinski definition) is 4. The average Bonchev–Trinajstić information content (AvgIpc) is 3.06. The first-order chi connectivity index (χ1) is 11.5. The Balaban J connectivity index is 1.66. The fourth-order valence-corrected chi connectivity index (χ4v) is 2.39. The first-order valence-electron chi connectivity index (χ1n) is 7.53. The van der Waals surface area contributed by atoms with Crippen LogP contribution in [0.4, 0.5) is 0 Å². The normalized spacial score (nSPS) is 11.9. The van der Waals surface area contributed by atoms with Gasteiger partial charge in [-0.15, -0.1) is 0 Å². The van der Waals surface area contributed by atoms with Crippen LogP contribution in [0.1, 0.15) is 26.3 Å². The number of benzene rings is 2. The van der Waals surface area contributed by atoms with Crippen LogP contribution in [0.5, 0.6) is 11.5 Å². The minimum Gasteiger partial charge on any atom is -0.454 e. The molecule has 0 saturated heterocycles. The van der Waals surface area contributed by atoms with Crippen LogP contribution in [0, 0.1) is 0 Å². The van der Waals surface area contributed by atoms with Crippen LogP contribution in [0.25, 0.3) is 0 Å². The van der Waals surface area contributed by atoms with Crippen LogP contribution in [0.15, 0.2) is 42.5 Å². The van der Waals surface area contributed by atoms with Crippen molar-refractivity contribution < 1.29 is 19.1 Å². The lowest BCUT2D eigenvalue weighted by atomic mass is 10.1. The fraction of sp³-hybridized carbons (Fsp3) is 0.222. The molecule has 0 unspecified atom stereocenters. The summed E-state index contributed by atoms with van der Waals surface area (Å²) in [7, 11) is 3.41. The first kappa shape index (κ1) is 15.9. The van der Waals surface area contributed by atoms with Gasteiger partial charge in [-0.3, -0.25) is 9.59 Å².